The normalized spacial score (nSPS) is 12.2. The van der Waals surface area contributed by atoms with Crippen molar-refractivity contribution in [3.63, 3.8) is 0 Å². The highest BCUT2D eigenvalue weighted by Crippen LogP contribution is 2.54. The van der Waals surface area contributed by atoms with Crippen LogP contribution in [-0.4, -0.2) is 0 Å². The summed E-state index contributed by atoms with van der Waals surface area (Å²) in [5.74, 6) is 0. The Hall–Kier alpha value is 0.240. The molecule has 0 aliphatic rings. The van der Waals surface area contributed by atoms with Gasteiger partial charge in [0.05, 0.1) is 40.2 Å². The third-order valence-electron chi connectivity index (χ3n) is 4.02. The van der Waals surface area contributed by atoms with E-state index < -0.39 is 0 Å². The third kappa shape index (κ3) is 2.09. The van der Waals surface area contributed by atoms with Crippen molar-refractivity contribution in [2.24, 2.45) is 0 Å². The van der Waals surface area contributed by atoms with E-state index in [2.05, 4.69) is 0 Å². The molecule has 0 atom stereocenters. The van der Waals surface area contributed by atoms with Crippen molar-refractivity contribution in [3.05, 3.63) is 52.3 Å². The smallest absolute Gasteiger partial charge is 0.0791 e. The summed E-state index contributed by atoms with van der Waals surface area (Å²) >= 11 is 51.0. The molecule has 0 amide bonds. The predicted molar refractivity (Wildman–Crippen MR) is 110 cm³/mol. The first-order chi connectivity index (χ1) is 11.3. The molecule has 0 nitrogen and oxygen atoms in total. The van der Waals surface area contributed by atoms with Crippen molar-refractivity contribution in [2.45, 2.75) is 0 Å². The van der Waals surface area contributed by atoms with Gasteiger partial charge in [0.15, 0.2) is 0 Å². The number of hydrogen-bond acceptors (Lipinski definition) is 0. The van der Waals surface area contributed by atoms with E-state index in [-0.39, 0.29) is 30.1 Å². The van der Waals surface area contributed by atoms with Gasteiger partial charge in [-0.15, -0.1) is 0 Å². The summed E-state index contributed by atoms with van der Waals surface area (Å²) in [7, 11) is 0. The van der Waals surface area contributed by atoms with Crippen LogP contribution < -0.4 is 0 Å². The predicted octanol–water partition coefficient (Wildman–Crippen LogP) is 9.81. The van der Waals surface area contributed by atoms with Crippen LogP contribution in [0.3, 0.4) is 0 Å². The number of rotatable bonds is 0. The lowest BCUT2D eigenvalue weighted by Gasteiger charge is -2.19. The Morgan fingerprint density at radius 2 is 0.625 bits per heavy atom. The SMILES string of the molecule is Clc1c(Cl)c2ccc3c(Cl)c(Cl)c(Cl)c4c(Cl)c(Cl)c(c1Cl)c2c34. The van der Waals surface area contributed by atoms with E-state index in [0.29, 0.717) is 42.4 Å². The Labute approximate surface area is 176 Å². The molecule has 0 saturated heterocycles. The van der Waals surface area contributed by atoms with Crippen LogP contribution in [0.2, 0.25) is 40.2 Å². The second-order valence-corrected chi connectivity index (χ2v) is 8.20. The topological polar surface area (TPSA) is 0 Å². The summed E-state index contributed by atoms with van der Waals surface area (Å²) in [6, 6.07) is 3.57. The summed E-state index contributed by atoms with van der Waals surface area (Å²) in [6.45, 7) is 0. The average Bonchev–Trinajstić information content (AvgIpc) is 2.56. The molecule has 4 rings (SSSR count). The Bertz CT molecular complexity index is 1090. The van der Waals surface area contributed by atoms with Gasteiger partial charge in [0.2, 0.25) is 0 Å². The molecular weight excluding hydrogens is 476 g/mol. The van der Waals surface area contributed by atoms with Crippen LogP contribution in [0.15, 0.2) is 12.1 Å². The molecule has 0 N–H and O–H groups in total. The lowest BCUT2D eigenvalue weighted by atomic mass is 9.94. The molecule has 0 heterocycles. The van der Waals surface area contributed by atoms with Crippen LogP contribution in [0.4, 0.5) is 0 Å². The first-order valence-electron chi connectivity index (χ1n) is 6.42. The van der Waals surface area contributed by atoms with E-state index in [1.807, 2.05) is 0 Å². The lowest BCUT2D eigenvalue weighted by molar-refractivity contribution is 1.76. The van der Waals surface area contributed by atoms with Gasteiger partial charge >= 0.3 is 0 Å². The van der Waals surface area contributed by atoms with Crippen molar-refractivity contribution in [3.8, 4) is 0 Å². The minimum Gasteiger partial charge on any atom is -0.0820 e. The van der Waals surface area contributed by atoms with Gasteiger partial charge in [0.25, 0.3) is 0 Å². The first kappa shape index (κ1) is 17.6. The van der Waals surface area contributed by atoms with Gasteiger partial charge in [-0.05, 0) is 0 Å². The molecule has 4 aromatic carbocycles. The van der Waals surface area contributed by atoms with E-state index in [9.17, 15) is 0 Å². The Balaban J connectivity index is 2.55. The highest BCUT2D eigenvalue weighted by atomic mass is 35.5. The number of halogens is 8. The van der Waals surface area contributed by atoms with Crippen LogP contribution in [0.25, 0.3) is 32.3 Å². The summed E-state index contributed by atoms with van der Waals surface area (Å²) in [4.78, 5) is 0. The van der Waals surface area contributed by atoms with Crippen LogP contribution in [0.1, 0.15) is 0 Å². The van der Waals surface area contributed by atoms with E-state index in [1.165, 1.54) is 0 Å². The Morgan fingerprint density at radius 1 is 0.333 bits per heavy atom. The van der Waals surface area contributed by atoms with Gasteiger partial charge in [-0.1, -0.05) is 105 Å². The summed E-state index contributed by atoms with van der Waals surface area (Å²) in [6.07, 6.45) is 0. The molecule has 0 fully saturated rings. The van der Waals surface area contributed by atoms with Gasteiger partial charge in [0.1, 0.15) is 0 Å². The minimum absolute atomic E-state index is 0.206. The fraction of sp³-hybridized carbons (Fsp3) is 0. The highest BCUT2D eigenvalue weighted by Gasteiger charge is 2.26. The molecule has 0 aromatic heterocycles. The molecule has 4 aromatic rings. The molecule has 0 aliphatic heterocycles. The quantitative estimate of drug-likeness (QED) is 0.175. The Morgan fingerprint density at radius 3 is 0.958 bits per heavy atom. The maximum absolute atomic E-state index is 6.47. The third-order valence-corrected chi connectivity index (χ3v) is 7.56. The molecule has 0 radical (unpaired) electrons. The molecule has 24 heavy (non-hydrogen) atoms. The second kappa shape index (κ2) is 5.87. The fourth-order valence-electron chi connectivity index (χ4n) is 2.99. The zero-order valence-electron chi connectivity index (χ0n) is 11.2. The van der Waals surface area contributed by atoms with Gasteiger partial charge in [-0.3, -0.25) is 0 Å². The number of hydrogen-bond donors (Lipinski definition) is 0. The minimum atomic E-state index is 0.206. The van der Waals surface area contributed by atoms with Crippen LogP contribution in [0.5, 0.6) is 0 Å². The van der Waals surface area contributed by atoms with Gasteiger partial charge < -0.3 is 0 Å². The molecule has 8 heteroatoms. The van der Waals surface area contributed by atoms with Crippen molar-refractivity contribution >= 4 is 125 Å². The number of benzene rings is 4. The van der Waals surface area contributed by atoms with Crippen molar-refractivity contribution in [1.82, 2.24) is 0 Å². The van der Waals surface area contributed by atoms with Crippen LogP contribution in [-0.2, 0) is 0 Å². The average molecular weight is 478 g/mol. The fourth-order valence-corrected chi connectivity index (χ4v) is 5.21. The molecule has 0 spiro atoms. The van der Waals surface area contributed by atoms with Gasteiger partial charge in [-0.25, -0.2) is 0 Å². The lowest BCUT2D eigenvalue weighted by Crippen LogP contribution is -1.92. The molecule has 0 unspecified atom stereocenters. The zero-order valence-corrected chi connectivity index (χ0v) is 17.2. The summed E-state index contributed by atoms with van der Waals surface area (Å²) < 4.78 is 0. The Kier molecular flexibility index (Phi) is 4.32. The van der Waals surface area contributed by atoms with Gasteiger partial charge in [0, 0.05) is 32.3 Å². The maximum Gasteiger partial charge on any atom is 0.0791 e. The second-order valence-electron chi connectivity index (χ2n) is 5.17. The van der Waals surface area contributed by atoms with E-state index in [1.54, 1.807) is 12.1 Å². The molecule has 0 saturated carbocycles. The van der Waals surface area contributed by atoms with E-state index in [0.717, 1.165) is 0 Å². The molecular formula is C16H2Cl8. The van der Waals surface area contributed by atoms with Crippen molar-refractivity contribution in [1.29, 1.82) is 0 Å². The monoisotopic (exact) mass is 474 g/mol. The molecule has 122 valence electrons. The summed E-state index contributed by atoms with van der Waals surface area (Å²) in [5, 5.41) is 5.67. The van der Waals surface area contributed by atoms with Crippen LogP contribution in [0, 0.1) is 0 Å². The highest BCUT2D eigenvalue weighted by molar-refractivity contribution is 6.61. The maximum atomic E-state index is 6.47. The zero-order chi connectivity index (χ0) is 17.5. The van der Waals surface area contributed by atoms with Crippen molar-refractivity contribution in [2.75, 3.05) is 0 Å². The summed E-state index contributed by atoms with van der Waals surface area (Å²) in [5.41, 5.74) is 0. The van der Waals surface area contributed by atoms with Crippen molar-refractivity contribution < 1.29 is 0 Å². The molecule has 0 bridgehead atoms. The molecule has 0 aliphatic carbocycles. The van der Waals surface area contributed by atoms with Gasteiger partial charge in [-0.2, -0.15) is 0 Å². The largest absolute Gasteiger partial charge is 0.0820 e. The van der Waals surface area contributed by atoms with E-state index in [4.69, 9.17) is 92.8 Å². The van der Waals surface area contributed by atoms with Crippen LogP contribution >= 0.6 is 92.8 Å². The van der Waals surface area contributed by atoms with E-state index >= 15 is 0 Å². The first-order valence-corrected chi connectivity index (χ1v) is 9.45. The standard InChI is InChI=1S/C16H2Cl8/c17-9-3-1-2-4-6-5(3)7(13(21)15(9)23)11(19)12(20)8(6)14(22)16(24)10(4)18/h1-2H.